The summed E-state index contributed by atoms with van der Waals surface area (Å²) in [6.07, 6.45) is 3.33. The Bertz CT molecular complexity index is 1260. The second kappa shape index (κ2) is 8.80. The summed E-state index contributed by atoms with van der Waals surface area (Å²) in [5, 5.41) is 0.789. The molecule has 7 nitrogen and oxygen atoms in total. The van der Waals surface area contributed by atoms with Gasteiger partial charge in [0.05, 0.1) is 24.3 Å². The van der Waals surface area contributed by atoms with Crippen LogP contribution >= 0.6 is 15.9 Å². The molecule has 0 unspecified atom stereocenters. The smallest absolute Gasteiger partial charge is 0.165 e. The topological polar surface area (TPSA) is 90.0 Å². The quantitative estimate of drug-likeness (QED) is 0.452. The molecule has 1 fully saturated rings. The SMILES string of the molecule is C[C@H](c1ccccc1Br)c1cc(-c2ccc(N3CCOCC3)nc2)nc2ncnc(N)c12. The second-order valence-corrected chi connectivity index (χ2v) is 8.66. The first kappa shape index (κ1) is 20.8. The molecule has 2 N–H and O–H groups in total. The van der Waals surface area contributed by atoms with Crippen LogP contribution in [0.15, 0.2) is 59.5 Å². The van der Waals surface area contributed by atoms with Crippen LogP contribution in [0.3, 0.4) is 0 Å². The predicted molar refractivity (Wildman–Crippen MR) is 130 cm³/mol. The average Bonchev–Trinajstić information content (AvgIpc) is 2.84. The van der Waals surface area contributed by atoms with Crippen LogP contribution < -0.4 is 10.6 Å². The van der Waals surface area contributed by atoms with Crippen molar-refractivity contribution in [3.8, 4) is 11.3 Å². The van der Waals surface area contributed by atoms with Gasteiger partial charge in [-0.25, -0.2) is 19.9 Å². The molecule has 0 amide bonds. The second-order valence-electron chi connectivity index (χ2n) is 7.80. The van der Waals surface area contributed by atoms with Gasteiger partial charge in [0.1, 0.15) is 18.0 Å². The Kier molecular flexibility index (Phi) is 5.71. The van der Waals surface area contributed by atoms with Gasteiger partial charge in [-0.2, -0.15) is 0 Å². The first-order chi connectivity index (χ1) is 15.6. The first-order valence-electron chi connectivity index (χ1n) is 10.6. The van der Waals surface area contributed by atoms with E-state index in [2.05, 4.69) is 60.9 Å². The minimum Gasteiger partial charge on any atom is -0.383 e. The third kappa shape index (κ3) is 3.91. The maximum atomic E-state index is 6.27. The van der Waals surface area contributed by atoms with E-state index in [0.29, 0.717) is 11.5 Å². The van der Waals surface area contributed by atoms with Gasteiger partial charge in [0.15, 0.2) is 5.65 Å². The Morgan fingerprint density at radius 3 is 2.59 bits per heavy atom. The van der Waals surface area contributed by atoms with Crippen molar-refractivity contribution >= 4 is 38.6 Å². The van der Waals surface area contributed by atoms with Crippen molar-refractivity contribution in [3.05, 3.63) is 70.6 Å². The number of ether oxygens (including phenoxy) is 1. The lowest BCUT2D eigenvalue weighted by Gasteiger charge is -2.27. The summed E-state index contributed by atoms with van der Waals surface area (Å²) in [5.41, 5.74) is 10.8. The van der Waals surface area contributed by atoms with Gasteiger partial charge in [0, 0.05) is 35.2 Å². The zero-order valence-electron chi connectivity index (χ0n) is 17.7. The van der Waals surface area contributed by atoms with E-state index in [9.17, 15) is 0 Å². The van der Waals surface area contributed by atoms with E-state index >= 15 is 0 Å². The number of nitrogens with two attached hydrogens (primary N) is 1. The first-order valence-corrected chi connectivity index (χ1v) is 11.4. The molecule has 1 aromatic carbocycles. The predicted octanol–water partition coefficient (Wildman–Crippen LogP) is 4.42. The van der Waals surface area contributed by atoms with Crippen LogP contribution in [0.2, 0.25) is 0 Å². The summed E-state index contributed by atoms with van der Waals surface area (Å²) in [5.74, 6) is 1.44. The van der Waals surface area contributed by atoms with E-state index in [0.717, 1.165) is 64.4 Å². The summed E-state index contributed by atoms with van der Waals surface area (Å²) in [7, 11) is 0. The van der Waals surface area contributed by atoms with Crippen LogP contribution in [0.4, 0.5) is 11.6 Å². The molecule has 0 saturated carbocycles. The molecule has 1 aliphatic heterocycles. The highest BCUT2D eigenvalue weighted by Gasteiger charge is 2.20. The van der Waals surface area contributed by atoms with Crippen molar-refractivity contribution in [2.45, 2.75) is 12.8 Å². The number of morpholine rings is 1. The van der Waals surface area contributed by atoms with Crippen molar-refractivity contribution in [1.82, 2.24) is 19.9 Å². The van der Waals surface area contributed by atoms with Gasteiger partial charge in [0.2, 0.25) is 0 Å². The molecule has 0 radical (unpaired) electrons. The Morgan fingerprint density at radius 2 is 1.84 bits per heavy atom. The highest BCUT2D eigenvalue weighted by atomic mass is 79.9. The monoisotopic (exact) mass is 490 g/mol. The van der Waals surface area contributed by atoms with Crippen molar-refractivity contribution < 1.29 is 4.74 Å². The summed E-state index contributed by atoms with van der Waals surface area (Å²) in [6.45, 7) is 5.32. The van der Waals surface area contributed by atoms with Crippen molar-refractivity contribution in [2.24, 2.45) is 0 Å². The van der Waals surface area contributed by atoms with Crippen LogP contribution in [-0.4, -0.2) is 46.2 Å². The molecule has 4 aromatic rings. The van der Waals surface area contributed by atoms with Gasteiger partial charge in [0.25, 0.3) is 0 Å². The van der Waals surface area contributed by atoms with Crippen molar-refractivity contribution in [1.29, 1.82) is 0 Å². The number of rotatable bonds is 4. The molecule has 3 aromatic heterocycles. The lowest BCUT2D eigenvalue weighted by atomic mass is 9.90. The highest BCUT2D eigenvalue weighted by Crippen LogP contribution is 2.37. The minimum atomic E-state index is 0.0590. The van der Waals surface area contributed by atoms with Crippen LogP contribution in [0.1, 0.15) is 24.0 Å². The normalized spacial score (nSPS) is 15.1. The molecule has 1 atom stereocenters. The van der Waals surface area contributed by atoms with Gasteiger partial charge >= 0.3 is 0 Å². The molecular weight excluding hydrogens is 468 g/mol. The molecule has 0 spiro atoms. The number of hydrogen-bond acceptors (Lipinski definition) is 7. The third-order valence-corrected chi connectivity index (χ3v) is 6.60. The van der Waals surface area contributed by atoms with Gasteiger partial charge in [-0.15, -0.1) is 0 Å². The Labute approximate surface area is 194 Å². The maximum Gasteiger partial charge on any atom is 0.165 e. The maximum absolute atomic E-state index is 6.27. The minimum absolute atomic E-state index is 0.0590. The molecule has 8 heteroatoms. The van der Waals surface area contributed by atoms with Crippen molar-refractivity contribution in [3.63, 3.8) is 0 Å². The summed E-state index contributed by atoms with van der Waals surface area (Å²) >= 11 is 3.68. The summed E-state index contributed by atoms with van der Waals surface area (Å²) in [6, 6.07) is 14.4. The van der Waals surface area contributed by atoms with Gasteiger partial charge in [-0.1, -0.05) is 41.1 Å². The van der Waals surface area contributed by atoms with E-state index in [-0.39, 0.29) is 5.92 Å². The number of nitrogen functional groups attached to an aromatic ring is 1. The molecule has 32 heavy (non-hydrogen) atoms. The van der Waals surface area contributed by atoms with Gasteiger partial charge in [-0.3, -0.25) is 0 Å². The number of nitrogens with zero attached hydrogens (tertiary/aromatic N) is 5. The lowest BCUT2D eigenvalue weighted by molar-refractivity contribution is 0.122. The summed E-state index contributed by atoms with van der Waals surface area (Å²) in [4.78, 5) is 20.4. The van der Waals surface area contributed by atoms with E-state index in [1.807, 2.05) is 30.5 Å². The highest BCUT2D eigenvalue weighted by molar-refractivity contribution is 9.10. The fourth-order valence-corrected chi connectivity index (χ4v) is 4.75. The molecule has 4 heterocycles. The van der Waals surface area contributed by atoms with Gasteiger partial charge < -0.3 is 15.4 Å². The Morgan fingerprint density at radius 1 is 1.03 bits per heavy atom. The Balaban J connectivity index is 1.60. The van der Waals surface area contributed by atoms with E-state index in [1.54, 1.807) is 0 Å². The third-order valence-electron chi connectivity index (χ3n) is 5.88. The van der Waals surface area contributed by atoms with Crippen molar-refractivity contribution in [2.75, 3.05) is 36.9 Å². The number of pyridine rings is 2. The number of fused-ring (bicyclic) bond motifs is 1. The van der Waals surface area contributed by atoms with Crippen LogP contribution in [0.25, 0.3) is 22.3 Å². The van der Waals surface area contributed by atoms with Crippen LogP contribution in [0, 0.1) is 0 Å². The average molecular weight is 491 g/mol. The molecule has 0 aliphatic carbocycles. The molecule has 162 valence electrons. The lowest BCUT2D eigenvalue weighted by Crippen LogP contribution is -2.36. The number of halogens is 1. The molecule has 1 aliphatic rings. The number of benzene rings is 1. The molecule has 1 saturated heterocycles. The number of hydrogen-bond donors (Lipinski definition) is 1. The zero-order chi connectivity index (χ0) is 22.1. The number of anilines is 2. The standard InChI is InChI=1S/C24H23BrN6O/c1-15(17-4-2-3-5-19(17)25)18-12-20(30-24-22(18)23(26)28-14-29-24)16-6-7-21(27-13-16)31-8-10-32-11-9-31/h2-7,12-15H,8-11H2,1H3,(H2,26,28,29,30)/t15-/m1/s1. The fraction of sp³-hybridized carbons (Fsp3) is 0.250. The molecule has 0 bridgehead atoms. The summed E-state index contributed by atoms with van der Waals surface area (Å²) < 4.78 is 6.49. The molecule has 5 rings (SSSR count). The van der Waals surface area contributed by atoms with E-state index in [4.69, 9.17) is 15.5 Å². The largest absolute Gasteiger partial charge is 0.383 e. The Hall–Kier alpha value is -3.10. The van der Waals surface area contributed by atoms with E-state index in [1.165, 1.54) is 6.33 Å². The van der Waals surface area contributed by atoms with Crippen LogP contribution in [-0.2, 0) is 4.74 Å². The molecular formula is C24H23BrN6O. The zero-order valence-corrected chi connectivity index (χ0v) is 19.3. The van der Waals surface area contributed by atoms with E-state index < -0.39 is 0 Å². The van der Waals surface area contributed by atoms with Crippen LogP contribution in [0.5, 0.6) is 0 Å². The number of aromatic nitrogens is 4. The van der Waals surface area contributed by atoms with Gasteiger partial charge in [-0.05, 0) is 35.4 Å². The fourth-order valence-electron chi connectivity index (χ4n) is 4.12.